The summed E-state index contributed by atoms with van der Waals surface area (Å²) < 4.78 is 27.4. The number of carboxylic acid groups (broad SMARTS) is 1. The average molecular weight is 300 g/mol. The standard InChI is InChI=1S/C13H20N2O4S/c1-8-10(12(16)17)15-9(2)11(8)20(18,19)14-7-13(3)5-4-6-13/h14-15H,4-7H2,1-3H3,(H,16,17). The van der Waals surface area contributed by atoms with Crippen molar-refractivity contribution in [2.24, 2.45) is 5.41 Å². The van der Waals surface area contributed by atoms with Gasteiger partial charge >= 0.3 is 5.97 Å². The molecular formula is C13H20N2O4S. The molecule has 1 heterocycles. The summed E-state index contributed by atoms with van der Waals surface area (Å²) in [7, 11) is -3.69. The molecule has 1 aromatic rings. The van der Waals surface area contributed by atoms with Gasteiger partial charge in [0.15, 0.2) is 0 Å². The molecule has 112 valence electrons. The third kappa shape index (κ3) is 2.60. The number of hydrogen-bond acceptors (Lipinski definition) is 3. The minimum absolute atomic E-state index is 0.0286. The van der Waals surface area contributed by atoms with Gasteiger partial charge in [0, 0.05) is 17.8 Å². The van der Waals surface area contributed by atoms with Gasteiger partial charge in [0.05, 0.1) is 0 Å². The summed E-state index contributed by atoms with van der Waals surface area (Å²) in [6.45, 7) is 5.52. The van der Waals surface area contributed by atoms with Crippen molar-refractivity contribution in [3.05, 3.63) is 17.0 Å². The van der Waals surface area contributed by atoms with Gasteiger partial charge in [-0.05, 0) is 32.1 Å². The van der Waals surface area contributed by atoms with Crippen LogP contribution in [-0.4, -0.2) is 31.0 Å². The number of carbonyl (C=O) groups is 1. The molecule has 0 spiro atoms. The smallest absolute Gasteiger partial charge is 0.352 e. The first kappa shape index (κ1) is 15.1. The molecule has 2 rings (SSSR count). The van der Waals surface area contributed by atoms with Crippen LogP contribution < -0.4 is 4.72 Å². The Hall–Kier alpha value is -1.34. The molecule has 0 atom stereocenters. The largest absolute Gasteiger partial charge is 0.477 e. The van der Waals surface area contributed by atoms with Crippen LogP contribution in [0, 0.1) is 19.3 Å². The lowest BCUT2D eigenvalue weighted by molar-refractivity contribution is 0.0690. The zero-order valence-corrected chi connectivity index (χ0v) is 12.7. The Morgan fingerprint density at radius 2 is 2.00 bits per heavy atom. The van der Waals surface area contributed by atoms with Crippen molar-refractivity contribution in [3.63, 3.8) is 0 Å². The number of aromatic nitrogens is 1. The molecule has 0 bridgehead atoms. The average Bonchev–Trinajstić information content (AvgIpc) is 2.60. The number of nitrogens with one attached hydrogen (secondary N) is 2. The summed E-state index contributed by atoms with van der Waals surface area (Å²) in [5.41, 5.74) is 0.561. The predicted octanol–water partition coefficient (Wildman–Crippen LogP) is 1.80. The number of H-pyrrole nitrogens is 1. The van der Waals surface area contributed by atoms with Crippen LogP contribution in [0.1, 0.15) is 47.9 Å². The number of rotatable bonds is 5. The lowest BCUT2D eigenvalue weighted by Crippen LogP contribution is -2.40. The fourth-order valence-corrected chi connectivity index (χ4v) is 4.29. The molecule has 0 amide bonds. The molecule has 0 aromatic carbocycles. The summed E-state index contributed by atoms with van der Waals surface area (Å²) in [5, 5.41) is 9.03. The fraction of sp³-hybridized carbons (Fsp3) is 0.615. The van der Waals surface area contributed by atoms with E-state index in [2.05, 4.69) is 16.6 Å². The Labute approximate surface area is 118 Å². The molecule has 7 heteroatoms. The molecular weight excluding hydrogens is 280 g/mol. The van der Waals surface area contributed by atoms with Crippen molar-refractivity contribution in [3.8, 4) is 0 Å². The number of aromatic amines is 1. The third-order valence-corrected chi connectivity index (χ3v) is 5.78. The number of hydrogen-bond donors (Lipinski definition) is 3. The van der Waals surface area contributed by atoms with Crippen molar-refractivity contribution in [1.82, 2.24) is 9.71 Å². The lowest BCUT2D eigenvalue weighted by atomic mass is 9.71. The van der Waals surface area contributed by atoms with E-state index in [4.69, 9.17) is 5.11 Å². The van der Waals surface area contributed by atoms with E-state index < -0.39 is 16.0 Å². The van der Waals surface area contributed by atoms with E-state index in [0.29, 0.717) is 12.2 Å². The van der Waals surface area contributed by atoms with E-state index in [1.54, 1.807) is 6.92 Å². The molecule has 0 saturated heterocycles. The summed E-state index contributed by atoms with van der Waals surface area (Å²) in [6, 6.07) is 0. The summed E-state index contributed by atoms with van der Waals surface area (Å²) in [5.74, 6) is -1.15. The highest BCUT2D eigenvalue weighted by Crippen LogP contribution is 2.39. The van der Waals surface area contributed by atoms with E-state index in [1.165, 1.54) is 6.92 Å². The highest BCUT2D eigenvalue weighted by atomic mass is 32.2. The normalized spacial score (nSPS) is 17.8. The zero-order valence-electron chi connectivity index (χ0n) is 11.9. The van der Waals surface area contributed by atoms with E-state index in [-0.39, 0.29) is 21.6 Å². The second kappa shape index (κ2) is 4.89. The van der Waals surface area contributed by atoms with Gasteiger partial charge in [0.2, 0.25) is 10.0 Å². The number of sulfonamides is 1. The molecule has 1 saturated carbocycles. The van der Waals surface area contributed by atoms with Gasteiger partial charge in [-0.3, -0.25) is 0 Å². The quantitative estimate of drug-likeness (QED) is 0.772. The van der Waals surface area contributed by atoms with Crippen LogP contribution in [0.4, 0.5) is 0 Å². The maximum atomic E-state index is 12.4. The van der Waals surface area contributed by atoms with Gasteiger partial charge in [-0.25, -0.2) is 17.9 Å². The van der Waals surface area contributed by atoms with E-state index in [9.17, 15) is 13.2 Å². The second-order valence-corrected chi connectivity index (χ2v) is 7.58. The lowest BCUT2D eigenvalue weighted by Gasteiger charge is -2.38. The Morgan fingerprint density at radius 3 is 2.40 bits per heavy atom. The number of carboxylic acids is 1. The van der Waals surface area contributed by atoms with E-state index in [0.717, 1.165) is 19.3 Å². The highest BCUT2D eigenvalue weighted by Gasteiger charge is 2.34. The molecule has 6 nitrogen and oxygen atoms in total. The molecule has 0 aliphatic heterocycles. The second-order valence-electron chi connectivity index (χ2n) is 5.87. The van der Waals surface area contributed by atoms with Crippen LogP contribution in [0.3, 0.4) is 0 Å². The Balaban J connectivity index is 2.27. The molecule has 0 radical (unpaired) electrons. The summed E-state index contributed by atoms with van der Waals surface area (Å²) in [6.07, 6.45) is 3.16. The minimum atomic E-state index is -3.69. The maximum Gasteiger partial charge on any atom is 0.352 e. The van der Waals surface area contributed by atoms with Crippen LogP contribution >= 0.6 is 0 Å². The Kier molecular flexibility index (Phi) is 3.68. The van der Waals surface area contributed by atoms with Gasteiger partial charge in [-0.1, -0.05) is 13.3 Å². The minimum Gasteiger partial charge on any atom is -0.477 e. The molecule has 1 aliphatic rings. The zero-order chi connectivity index (χ0) is 15.1. The molecule has 1 aliphatic carbocycles. The maximum absolute atomic E-state index is 12.4. The van der Waals surface area contributed by atoms with Crippen molar-refractivity contribution in [2.75, 3.05) is 6.54 Å². The van der Waals surface area contributed by atoms with Crippen molar-refractivity contribution >= 4 is 16.0 Å². The van der Waals surface area contributed by atoms with Crippen molar-refractivity contribution < 1.29 is 18.3 Å². The van der Waals surface area contributed by atoms with Gasteiger partial charge in [0.1, 0.15) is 10.6 Å². The monoisotopic (exact) mass is 300 g/mol. The van der Waals surface area contributed by atoms with Crippen LogP contribution in [0.25, 0.3) is 0 Å². The number of aromatic carboxylic acids is 1. The van der Waals surface area contributed by atoms with Gasteiger partial charge < -0.3 is 10.1 Å². The molecule has 3 N–H and O–H groups in total. The topological polar surface area (TPSA) is 99.3 Å². The first-order chi connectivity index (χ1) is 9.16. The summed E-state index contributed by atoms with van der Waals surface area (Å²) in [4.78, 5) is 13.7. The fourth-order valence-electron chi connectivity index (χ4n) is 2.65. The molecule has 20 heavy (non-hydrogen) atoms. The van der Waals surface area contributed by atoms with E-state index in [1.807, 2.05) is 0 Å². The first-order valence-corrected chi connectivity index (χ1v) is 8.07. The van der Waals surface area contributed by atoms with Crippen molar-refractivity contribution in [1.29, 1.82) is 0 Å². The summed E-state index contributed by atoms with van der Waals surface area (Å²) >= 11 is 0. The third-order valence-electron chi connectivity index (χ3n) is 4.10. The van der Waals surface area contributed by atoms with Crippen LogP contribution in [-0.2, 0) is 10.0 Å². The van der Waals surface area contributed by atoms with Gasteiger partial charge in [-0.2, -0.15) is 0 Å². The first-order valence-electron chi connectivity index (χ1n) is 6.58. The molecule has 1 aromatic heterocycles. The Bertz CT molecular complexity index is 642. The SMILES string of the molecule is Cc1[nH]c(C(=O)O)c(C)c1S(=O)(=O)NCC1(C)CCC1. The Morgan fingerprint density at radius 1 is 1.40 bits per heavy atom. The molecule has 0 unspecified atom stereocenters. The predicted molar refractivity (Wildman–Crippen MR) is 74.4 cm³/mol. The van der Waals surface area contributed by atoms with Crippen LogP contribution in [0.5, 0.6) is 0 Å². The van der Waals surface area contributed by atoms with E-state index >= 15 is 0 Å². The highest BCUT2D eigenvalue weighted by molar-refractivity contribution is 7.89. The van der Waals surface area contributed by atoms with Gasteiger partial charge in [-0.15, -0.1) is 0 Å². The van der Waals surface area contributed by atoms with Gasteiger partial charge in [0.25, 0.3) is 0 Å². The number of aryl methyl sites for hydroxylation is 1. The van der Waals surface area contributed by atoms with Crippen LogP contribution in [0.2, 0.25) is 0 Å². The molecule has 1 fully saturated rings. The van der Waals surface area contributed by atoms with Crippen LogP contribution in [0.15, 0.2) is 4.90 Å². The van der Waals surface area contributed by atoms with Crippen molar-refractivity contribution in [2.45, 2.75) is 44.9 Å².